The molecule has 1 amide bonds. The lowest BCUT2D eigenvalue weighted by molar-refractivity contribution is -0.116. The topological polar surface area (TPSA) is 66.5 Å². The summed E-state index contributed by atoms with van der Waals surface area (Å²) in [5, 5.41) is 2.80. The fourth-order valence-electron chi connectivity index (χ4n) is 2.62. The molecular formula is C20H26N2O3S. The first-order valence-corrected chi connectivity index (χ1v) is 10.1. The molecule has 26 heavy (non-hydrogen) atoms. The van der Waals surface area contributed by atoms with Crippen molar-refractivity contribution < 1.29 is 13.2 Å². The van der Waals surface area contributed by atoms with Crippen molar-refractivity contribution in [3.63, 3.8) is 0 Å². The summed E-state index contributed by atoms with van der Waals surface area (Å²) in [4.78, 5) is 12.7. The Kier molecular flexibility index (Phi) is 6.56. The Labute approximate surface area is 156 Å². The van der Waals surface area contributed by atoms with Crippen LogP contribution in [0.2, 0.25) is 0 Å². The van der Waals surface area contributed by atoms with E-state index in [1.54, 1.807) is 24.3 Å². The van der Waals surface area contributed by atoms with E-state index in [4.69, 9.17) is 0 Å². The van der Waals surface area contributed by atoms with Crippen molar-refractivity contribution in [2.75, 3.05) is 18.4 Å². The SMILES string of the molecule is CCCN(CC(=O)Nc1ccccc1C)S(=O)(=O)c1ccc(C)c(C)c1. The van der Waals surface area contributed by atoms with Gasteiger partial charge in [-0.1, -0.05) is 31.2 Å². The largest absolute Gasteiger partial charge is 0.325 e. The van der Waals surface area contributed by atoms with Gasteiger partial charge < -0.3 is 5.32 Å². The summed E-state index contributed by atoms with van der Waals surface area (Å²) >= 11 is 0. The van der Waals surface area contributed by atoms with Gasteiger partial charge in [0.2, 0.25) is 15.9 Å². The molecule has 6 heteroatoms. The number of para-hydroxylation sites is 1. The first-order valence-electron chi connectivity index (χ1n) is 8.68. The Morgan fingerprint density at radius 2 is 1.69 bits per heavy atom. The highest BCUT2D eigenvalue weighted by atomic mass is 32.2. The highest BCUT2D eigenvalue weighted by Gasteiger charge is 2.26. The lowest BCUT2D eigenvalue weighted by Gasteiger charge is -2.22. The molecular weight excluding hydrogens is 348 g/mol. The molecule has 0 spiro atoms. The number of anilines is 1. The standard InChI is InChI=1S/C20H26N2O3S/c1-5-12-22(14-20(23)21-19-9-7-6-8-16(19)3)26(24,25)18-11-10-15(2)17(4)13-18/h6-11,13H,5,12,14H2,1-4H3,(H,21,23). The van der Waals surface area contributed by atoms with Gasteiger partial charge in [-0.2, -0.15) is 4.31 Å². The van der Waals surface area contributed by atoms with Crippen LogP contribution in [0.4, 0.5) is 5.69 Å². The van der Waals surface area contributed by atoms with E-state index in [1.807, 2.05) is 45.9 Å². The smallest absolute Gasteiger partial charge is 0.243 e. The number of carbonyl (C=O) groups is 1. The van der Waals surface area contributed by atoms with Crippen molar-refractivity contribution in [1.82, 2.24) is 4.31 Å². The van der Waals surface area contributed by atoms with Crippen LogP contribution in [-0.2, 0) is 14.8 Å². The van der Waals surface area contributed by atoms with Gasteiger partial charge in [0, 0.05) is 12.2 Å². The summed E-state index contributed by atoms with van der Waals surface area (Å²) < 4.78 is 27.2. The molecule has 0 unspecified atom stereocenters. The average molecular weight is 375 g/mol. The number of benzene rings is 2. The third-order valence-corrected chi connectivity index (χ3v) is 6.17. The number of amides is 1. The van der Waals surface area contributed by atoms with Crippen LogP contribution >= 0.6 is 0 Å². The van der Waals surface area contributed by atoms with Gasteiger partial charge >= 0.3 is 0 Å². The quantitative estimate of drug-likeness (QED) is 0.804. The maximum atomic E-state index is 13.0. The summed E-state index contributed by atoms with van der Waals surface area (Å²) in [6.45, 7) is 7.68. The number of hydrogen-bond donors (Lipinski definition) is 1. The molecule has 0 heterocycles. The van der Waals surface area contributed by atoms with Crippen LogP contribution in [0.1, 0.15) is 30.0 Å². The van der Waals surface area contributed by atoms with Crippen molar-refractivity contribution in [3.8, 4) is 0 Å². The van der Waals surface area contributed by atoms with Crippen LogP contribution in [0.25, 0.3) is 0 Å². The van der Waals surface area contributed by atoms with Crippen LogP contribution in [-0.4, -0.2) is 31.7 Å². The highest BCUT2D eigenvalue weighted by Crippen LogP contribution is 2.20. The second kappa shape index (κ2) is 8.47. The molecule has 0 aliphatic carbocycles. The minimum Gasteiger partial charge on any atom is -0.325 e. The van der Waals surface area contributed by atoms with Crippen molar-refractivity contribution in [2.24, 2.45) is 0 Å². The molecule has 0 saturated heterocycles. The van der Waals surface area contributed by atoms with Gasteiger partial charge in [0.25, 0.3) is 0 Å². The van der Waals surface area contributed by atoms with Crippen LogP contribution < -0.4 is 5.32 Å². The van der Waals surface area contributed by atoms with Crippen molar-refractivity contribution in [3.05, 3.63) is 59.2 Å². The van der Waals surface area contributed by atoms with Crippen molar-refractivity contribution in [2.45, 2.75) is 39.0 Å². The minimum absolute atomic E-state index is 0.211. The lowest BCUT2D eigenvalue weighted by Crippen LogP contribution is -2.38. The summed E-state index contributed by atoms with van der Waals surface area (Å²) in [7, 11) is -3.73. The van der Waals surface area contributed by atoms with E-state index in [-0.39, 0.29) is 23.9 Å². The van der Waals surface area contributed by atoms with E-state index in [2.05, 4.69) is 5.32 Å². The van der Waals surface area contributed by atoms with Crippen molar-refractivity contribution >= 4 is 21.6 Å². The van der Waals surface area contributed by atoms with Crippen LogP contribution in [0.5, 0.6) is 0 Å². The molecule has 5 nitrogen and oxygen atoms in total. The maximum absolute atomic E-state index is 13.0. The Hall–Kier alpha value is -2.18. The van der Waals surface area contributed by atoms with Crippen molar-refractivity contribution in [1.29, 1.82) is 0 Å². The summed E-state index contributed by atoms with van der Waals surface area (Å²) in [6.07, 6.45) is 0.627. The van der Waals surface area contributed by atoms with Gasteiger partial charge in [0.1, 0.15) is 0 Å². The van der Waals surface area contributed by atoms with Crippen LogP contribution in [0, 0.1) is 20.8 Å². The van der Waals surface area contributed by atoms with E-state index in [1.165, 1.54) is 4.31 Å². The zero-order valence-electron chi connectivity index (χ0n) is 15.7. The summed E-state index contributed by atoms with van der Waals surface area (Å²) in [5.74, 6) is -0.347. The minimum atomic E-state index is -3.73. The van der Waals surface area contributed by atoms with Crippen LogP contribution in [0.3, 0.4) is 0 Å². The van der Waals surface area contributed by atoms with Gasteiger partial charge in [-0.25, -0.2) is 8.42 Å². The lowest BCUT2D eigenvalue weighted by atomic mass is 10.1. The first kappa shape index (κ1) is 20.1. The molecule has 0 radical (unpaired) electrons. The molecule has 2 aromatic rings. The summed E-state index contributed by atoms with van der Waals surface area (Å²) in [5.41, 5.74) is 3.56. The first-order chi connectivity index (χ1) is 12.3. The fraction of sp³-hybridized carbons (Fsp3) is 0.350. The predicted molar refractivity (Wildman–Crippen MR) is 105 cm³/mol. The second-order valence-electron chi connectivity index (χ2n) is 6.45. The van der Waals surface area contributed by atoms with E-state index >= 15 is 0 Å². The molecule has 0 aromatic heterocycles. The molecule has 0 aliphatic heterocycles. The number of hydrogen-bond acceptors (Lipinski definition) is 3. The number of nitrogens with zero attached hydrogens (tertiary/aromatic N) is 1. The third kappa shape index (κ3) is 4.71. The Morgan fingerprint density at radius 1 is 1.00 bits per heavy atom. The fourth-order valence-corrected chi connectivity index (χ4v) is 4.19. The molecule has 0 saturated carbocycles. The number of sulfonamides is 1. The van der Waals surface area contributed by atoms with E-state index < -0.39 is 10.0 Å². The average Bonchev–Trinajstić information content (AvgIpc) is 2.59. The van der Waals surface area contributed by atoms with Gasteiger partial charge in [-0.15, -0.1) is 0 Å². The van der Waals surface area contributed by atoms with E-state index in [9.17, 15) is 13.2 Å². The number of aryl methyl sites for hydroxylation is 3. The molecule has 2 aromatic carbocycles. The monoisotopic (exact) mass is 374 g/mol. The van der Waals surface area contributed by atoms with Gasteiger partial charge in [-0.05, 0) is 62.1 Å². The molecule has 0 fully saturated rings. The highest BCUT2D eigenvalue weighted by molar-refractivity contribution is 7.89. The predicted octanol–water partition coefficient (Wildman–Crippen LogP) is 3.65. The number of carbonyl (C=O) groups excluding carboxylic acids is 1. The molecule has 0 bridgehead atoms. The Balaban J connectivity index is 2.22. The summed E-state index contributed by atoms with van der Waals surface area (Å²) in [6, 6.07) is 12.5. The number of rotatable bonds is 7. The third-order valence-electron chi connectivity index (χ3n) is 4.33. The zero-order chi connectivity index (χ0) is 19.3. The second-order valence-corrected chi connectivity index (χ2v) is 8.39. The van der Waals surface area contributed by atoms with E-state index in [0.29, 0.717) is 12.1 Å². The normalized spacial score (nSPS) is 11.6. The van der Waals surface area contributed by atoms with E-state index in [0.717, 1.165) is 16.7 Å². The molecule has 2 rings (SSSR count). The molecule has 0 atom stereocenters. The maximum Gasteiger partial charge on any atom is 0.243 e. The van der Waals surface area contributed by atoms with Gasteiger partial charge in [0.05, 0.1) is 11.4 Å². The van der Waals surface area contributed by atoms with Gasteiger partial charge in [-0.3, -0.25) is 4.79 Å². The number of nitrogens with one attached hydrogen (secondary N) is 1. The van der Waals surface area contributed by atoms with Gasteiger partial charge in [0.15, 0.2) is 0 Å². The zero-order valence-corrected chi connectivity index (χ0v) is 16.6. The Morgan fingerprint density at radius 3 is 2.31 bits per heavy atom. The molecule has 0 aliphatic rings. The molecule has 1 N–H and O–H groups in total. The Bertz CT molecular complexity index is 892. The molecule has 140 valence electrons. The van der Waals surface area contributed by atoms with Crippen LogP contribution in [0.15, 0.2) is 47.4 Å².